The summed E-state index contributed by atoms with van der Waals surface area (Å²) in [7, 11) is 0. The fourth-order valence-corrected chi connectivity index (χ4v) is 1.70. The molecule has 98 valence electrons. The summed E-state index contributed by atoms with van der Waals surface area (Å²) in [5.74, 6) is 0.312. The minimum atomic E-state index is -0.484. The first-order valence-corrected chi connectivity index (χ1v) is 6.01. The molecule has 1 aromatic carbocycles. The highest BCUT2D eigenvalue weighted by Crippen LogP contribution is 2.28. The van der Waals surface area contributed by atoms with E-state index in [2.05, 4.69) is 4.98 Å². The summed E-state index contributed by atoms with van der Waals surface area (Å²) in [4.78, 5) is 14.3. The van der Waals surface area contributed by atoms with E-state index in [9.17, 15) is 10.1 Å². The number of nitrogens with zero attached hydrogens (tertiary/aromatic N) is 2. The van der Waals surface area contributed by atoms with Crippen molar-refractivity contribution < 1.29 is 9.66 Å². The monoisotopic (exact) mass is 278 g/mol. The molecule has 5 nitrogen and oxygen atoms in total. The maximum atomic E-state index is 10.7. The van der Waals surface area contributed by atoms with Gasteiger partial charge in [0.1, 0.15) is 5.75 Å². The molecule has 0 aliphatic heterocycles. The predicted octanol–water partition coefficient (Wildman–Crippen LogP) is 3.26. The topological polar surface area (TPSA) is 65.3 Å². The standard InChI is InChI=1S/C13H11ClN2O3/c14-12-5-4-11(16(17)18)9-13(12)19-8-6-10-3-1-2-7-15-10/h1-5,7,9H,6,8H2. The molecule has 0 spiro atoms. The SMILES string of the molecule is O=[N+]([O-])c1ccc(Cl)c(OCCc2ccccn2)c1. The van der Waals surface area contributed by atoms with E-state index in [4.69, 9.17) is 16.3 Å². The summed E-state index contributed by atoms with van der Waals surface area (Å²) < 4.78 is 5.46. The van der Waals surface area contributed by atoms with Crippen LogP contribution in [0.2, 0.25) is 5.02 Å². The van der Waals surface area contributed by atoms with Crippen LogP contribution in [-0.4, -0.2) is 16.5 Å². The van der Waals surface area contributed by atoms with Gasteiger partial charge in [-0.25, -0.2) is 0 Å². The molecule has 0 aliphatic carbocycles. The molecule has 0 N–H and O–H groups in total. The highest BCUT2D eigenvalue weighted by molar-refractivity contribution is 6.32. The number of benzene rings is 1. The zero-order chi connectivity index (χ0) is 13.7. The molecule has 2 aromatic rings. The van der Waals surface area contributed by atoms with Crippen LogP contribution < -0.4 is 4.74 Å². The third-order valence-corrected chi connectivity index (χ3v) is 2.78. The smallest absolute Gasteiger partial charge is 0.273 e. The van der Waals surface area contributed by atoms with E-state index in [-0.39, 0.29) is 5.69 Å². The third kappa shape index (κ3) is 3.66. The van der Waals surface area contributed by atoms with E-state index in [0.717, 1.165) is 5.69 Å². The molecular formula is C13H11ClN2O3. The van der Waals surface area contributed by atoms with Gasteiger partial charge in [-0.05, 0) is 18.2 Å². The first-order chi connectivity index (χ1) is 9.16. The number of ether oxygens (including phenoxy) is 1. The molecule has 0 unspecified atom stereocenters. The van der Waals surface area contributed by atoms with Crippen LogP contribution in [-0.2, 0) is 6.42 Å². The predicted molar refractivity (Wildman–Crippen MR) is 71.5 cm³/mol. The Kier molecular flexibility index (Phi) is 4.30. The molecule has 0 saturated carbocycles. The van der Waals surface area contributed by atoms with Gasteiger partial charge >= 0.3 is 0 Å². The van der Waals surface area contributed by atoms with Crippen molar-refractivity contribution in [2.75, 3.05) is 6.61 Å². The van der Waals surface area contributed by atoms with Crippen molar-refractivity contribution in [3.8, 4) is 5.75 Å². The lowest BCUT2D eigenvalue weighted by atomic mass is 10.3. The number of hydrogen-bond acceptors (Lipinski definition) is 4. The summed E-state index contributed by atoms with van der Waals surface area (Å²) in [6.07, 6.45) is 2.32. The van der Waals surface area contributed by atoms with Crippen LogP contribution in [0.4, 0.5) is 5.69 Å². The summed E-state index contributed by atoms with van der Waals surface area (Å²) in [5.41, 5.74) is 0.848. The number of nitro groups is 1. The number of aromatic nitrogens is 1. The van der Waals surface area contributed by atoms with E-state index < -0.39 is 4.92 Å². The van der Waals surface area contributed by atoms with E-state index in [1.165, 1.54) is 18.2 Å². The normalized spacial score (nSPS) is 10.2. The van der Waals surface area contributed by atoms with Crippen molar-refractivity contribution in [1.29, 1.82) is 0 Å². The Morgan fingerprint density at radius 1 is 1.32 bits per heavy atom. The van der Waals surface area contributed by atoms with Crippen LogP contribution in [0.25, 0.3) is 0 Å². The van der Waals surface area contributed by atoms with Crippen molar-refractivity contribution in [3.05, 3.63) is 63.4 Å². The lowest BCUT2D eigenvalue weighted by molar-refractivity contribution is -0.384. The molecule has 6 heteroatoms. The minimum absolute atomic E-state index is 0.0442. The lowest BCUT2D eigenvalue weighted by Gasteiger charge is -2.07. The van der Waals surface area contributed by atoms with Gasteiger partial charge in [0.15, 0.2) is 0 Å². The Labute approximate surface area is 115 Å². The maximum absolute atomic E-state index is 10.7. The van der Waals surface area contributed by atoms with Gasteiger partial charge in [0.2, 0.25) is 0 Å². The fourth-order valence-electron chi connectivity index (χ4n) is 1.53. The van der Waals surface area contributed by atoms with Crippen LogP contribution in [0.5, 0.6) is 5.75 Å². The van der Waals surface area contributed by atoms with E-state index in [1.54, 1.807) is 6.20 Å². The second-order valence-electron chi connectivity index (χ2n) is 3.79. The maximum Gasteiger partial charge on any atom is 0.273 e. The second-order valence-corrected chi connectivity index (χ2v) is 4.20. The number of halogens is 1. The van der Waals surface area contributed by atoms with Crippen LogP contribution in [0.3, 0.4) is 0 Å². The molecule has 0 radical (unpaired) electrons. The molecule has 0 aliphatic rings. The van der Waals surface area contributed by atoms with Gasteiger partial charge in [0, 0.05) is 24.4 Å². The van der Waals surface area contributed by atoms with Gasteiger partial charge in [0.25, 0.3) is 5.69 Å². The van der Waals surface area contributed by atoms with Crippen LogP contribution >= 0.6 is 11.6 Å². The first-order valence-electron chi connectivity index (χ1n) is 5.63. The van der Waals surface area contributed by atoms with E-state index in [1.807, 2.05) is 18.2 Å². The number of nitro benzene ring substituents is 1. The summed E-state index contributed by atoms with van der Waals surface area (Å²) in [6, 6.07) is 9.73. The molecule has 0 saturated heterocycles. The zero-order valence-electron chi connectivity index (χ0n) is 9.95. The quantitative estimate of drug-likeness (QED) is 0.622. The molecule has 1 aromatic heterocycles. The summed E-state index contributed by atoms with van der Waals surface area (Å²) in [5, 5.41) is 11.0. The van der Waals surface area contributed by atoms with Gasteiger partial charge in [-0.1, -0.05) is 17.7 Å². The van der Waals surface area contributed by atoms with Gasteiger partial charge < -0.3 is 4.74 Å². The molecule has 1 heterocycles. The van der Waals surface area contributed by atoms with Crippen molar-refractivity contribution >= 4 is 17.3 Å². The number of non-ortho nitro benzene ring substituents is 1. The molecule has 0 bridgehead atoms. The molecule has 0 fully saturated rings. The molecule has 0 atom stereocenters. The third-order valence-electron chi connectivity index (χ3n) is 2.47. The van der Waals surface area contributed by atoms with Crippen molar-refractivity contribution in [2.24, 2.45) is 0 Å². The van der Waals surface area contributed by atoms with Gasteiger partial charge in [-0.15, -0.1) is 0 Å². The minimum Gasteiger partial charge on any atom is -0.491 e. The summed E-state index contributed by atoms with van der Waals surface area (Å²) >= 11 is 5.92. The number of hydrogen-bond donors (Lipinski definition) is 0. The number of rotatable bonds is 5. The Morgan fingerprint density at radius 2 is 2.16 bits per heavy atom. The first kappa shape index (κ1) is 13.3. The lowest BCUT2D eigenvalue weighted by Crippen LogP contribution is -2.03. The Morgan fingerprint density at radius 3 is 2.84 bits per heavy atom. The second kappa shape index (κ2) is 6.15. The zero-order valence-corrected chi connectivity index (χ0v) is 10.7. The van der Waals surface area contributed by atoms with Crippen molar-refractivity contribution in [2.45, 2.75) is 6.42 Å². The molecular weight excluding hydrogens is 268 g/mol. The summed E-state index contributed by atoms with van der Waals surface area (Å²) in [6.45, 7) is 0.359. The van der Waals surface area contributed by atoms with Crippen LogP contribution in [0.15, 0.2) is 42.6 Å². The average Bonchev–Trinajstić information content (AvgIpc) is 2.42. The van der Waals surface area contributed by atoms with E-state index in [0.29, 0.717) is 23.8 Å². The van der Waals surface area contributed by atoms with E-state index >= 15 is 0 Å². The van der Waals surface area contributed by atoms with Crippen LogP contribution in [0, 0.1) is 10.1 Å². The Bertz CT molecular complexity index is 575. The highest BCUT2D eigenvalue weighted by Gasteiger charge is 2.10. The molecule has 2 rings (SSSR count). The van der Waals surface area contributed by atoms with Gasteiger partial charge in [-0.2, -0.15) is 0 Å². The van der Waals surface area contributed by atoms with Crippen molar-refractivity contribution in [3.63, 3.8) is 0 Å². The molecule has 19 heavy (non-hydrogen) atoms. The van der Waals surface area contributed by atoms with Crippen LogP contribution in [0.1, 0.15) is 5.69 Å². The number of pyridine rings is 1. The largest absolute Gasteiger partial charge is 0.491 e. The molecule has 0 amide bonds. The van der Waals surface area contributed by atoms with Gasteiger partial charge in [-0.3, -0.25) is 15.1 Å². The fraction of sp³-hybridized carbons (Fsp3) is 0.154. The van der Waals surface area contributed by atoms with Gasteiger partial charge in [0.05, 0.1) is 22.6 Å². The average molecular weight is 279 g/mol. The Hall–Kier alpha value is -2.14. The Balaban J connectivity index is 1.99. The van der Waals surface area contributed by atoms with Crippen molar-refractivity contribution in [1.82, 2.24) is 4.98 Å². The highest BCUT2D eigenvalue weighted by atomic mass is 35.5.